The largest absolute Gasteiger partial charge is 0.353 e. The Kier molecular flexibility index (Phi) is 4.93. The molecule has 0 saturated carbocycles. The highest BCUT2D eigenvalue weighted by molar-refractivity contribution is 7.89. The molecule has 2 aromatic rings. The van der Waals surface area contributed by atoms with E-state index in [1.807, 2.05) is 19.1 Å². The van der Waals surface area contributed by atoms with Gasteiger partial charge in [-0.15, -0.1) is 0 Å². The molecule has 1 atom stereocenters. The number of benzene rings is 2. The molecule has 1 aliphatic rings. The molecule has 0 spiro atoms. The number of carbonyl (C=O) groups is 2. The summed E-state index contributed by atoms with van der Waals surface area (Å²) in [6.07, 6.45) is 0. The van der Waals surface area contributed by atoms with Crippen LogP contribution in [0.3, 0.4) is 0 Å². The number of ketones is 1. The number of carbonyl (C=O) groups excluding carboxylic acids is 2. The van der Waals surface area contributed by atoms with E-state index in [0.29, 0.717) is 11.1 Å². The zero-order valence-corrected chi connectivity index (χ0v) is 15.4. The number of Topliss-reactive ketones (excluding diaryl/α,β-unsaturated/α-hetero) is 1. The molecule has 3 rings (SSSR count). The Balaban J connectivity index is 2.01. The lowest BCUT2D eigenvalue weighted by Crippen LogP contribution is -2.52. The van der Waals surface area contributed by atoms with Gasteiger partial charge in [0.25, 0.3) is 0 Å². The van der Waals surface area contributed by atoms with Crippen LogP contribution < -0.4 is 5.32 Å². The number of sulfonamides is 1. The highest BCUT2D eigenvalue weighted by atomic mass is 32.2. The Bertz CT molecular complexity index is 935. The summed E-state index contributed by atoms with van der Waals surface area (Å²) in [6.45, 7) is 3.79. The van der Waals surface area contributed by atoms with Crippen LogP contribution in [0.4, 0.5) is 0 Å². The van der Waals surface area contributed by atoms with Gasteiger partial charge in [0, 0.05) is 18.7 Å². The third-order valence-electron chi connectivity index (χ3n) is 4.43. The molecule has 6 nitrogen and oxygen atoms in total. The van der Waals surface area contributed by atoms with E-state index >= 15 is 0 Å². The fraction of sp³-hybridized carbons (Fsp3) is 0.263. The van der Waals surface area contributed by atoms with Crippen molar-refractivity contribution in [2.75, 3.05) is 13.1 Å². The monoisotopic (exact) mass is 372 g/mol. The number of rotatable bonds is 4. The molecule has 2 aromatic carbocycles. The second-order valence-electron chi connectivity index (χ2n) is 6.30. The van der Waals surface area contributed by atoms with Crippen molar-refractivity contribution in [3.63, 3.8) is 0 Å². The van der Waals surface area contributed by atoms with Gasteiger partial charge in [-0.1, -0.05) is 42.0 Å². The SMILES string of the molecule is CC(=O)c1ccc(S(=O)(=O)N2CCNC(=O)C2c2ccc(C)cc2)cc1. The molecular formula is C19H20N2O4S. The molecule has 1 saturated heterocycles. The van der Waals surface area contributed by atoms with Crippen molar-refractivity contribution in [2.24, 2.45) is 0 Å². The summed E-state index contributed by atoms with van der Waals surface area (Å²) < 4.78 is 27.5. The number of aryl methyl sites for hydroxylation is 1. The van der Waals surface area contributed by atoms with Crippen molar-refractivity contribution in [3.8, 4) is 0 Å². The number of piperazine rings is 1. The van der Waals surface area contributed by atoms with Crippen LogP contribution in [0.25, 0.3) is 0 Å². The lowest BCUT2D eigenvalue weighted by atomic mass is 10.0. The van der Waals surface area contributed by atoms with Crippen LogP contribution in [0.15, 0.2) is 53.4 Å². The third kappa shape index (κ3) is 3.40. The predicted molar refractivity (Wildman–Crippen MR) is 97.3 cm³/mol. The maximum absolute atomic E-state index is 13.1. The van der Waals surface area contributed by atoms with Gasteiger partial charge in [0.2, 0.25) is 15.9 Å². The van der Waals surface area contributed by atoms with E-state index < -0.39 is 16.1 Å². The van der Waals surface area contributed by atoms with Gasteiger partial charge in [-0.05, 0) is 31.5 Å². The van der Waals surface area contributed by atoms with Gasteiger partial charge in [0.05, 0.1) is 4.90 Å². The first-order valence-corrected chi connectivity index (χ1v) is 9.72. The normalized spacial score (nSPS) is 18.4. The fourth-order valence-electron chi connectivity index (χ4n) is 2.97. The second kappa shape index (κ2) is 7.01. The molecule has 26 heavy (non-hydrogen) atoms. The molecule has 0 radical (unpaired) electrons. The van der Waals surface area contributed by atoms with Gasteiger partial charge in [-0.25, -0.2) is 8.42 Å². The molecule has 0 aromatic heterocycles. The molecule has 1 heterocycles. The first-order valence-electron chi connectivity index (χ1n) is 8.28. The van der Waals surface area contributed by atoms with E-state index in [-0.39, 0.29) is 29.7 Å². The van der Waals surface area contributed by atoms with Crippen molar-refractivity contribution >= 4 is 21.7 Å². The van der Waals surface area contributed by atoms with Crippen LogP contribution in [0.5, 0.6) is 0 Å². The standard InChI is InChI=1S/C19H20N2O4S/c1-13-3-5-16(6-4-13)18-19(23)20-11-12-21(18)26(24,25)17-9-7-15(8-10-17)14(2)22/h3-10,18H,11-12H2,1-2H3,(H,20,23). The smallest absolute Gasteiger partial charge is 0.244 e. The van der Waals surface area contributed by atoms with E-state index in [2.05, 4.69) is 5.32 Å². The van der Waals surface area contributed by atoms with Crippen molar-refractivity contribution in [3.05, 3.63) is 65.2 Å². The zero-order valence-electron chi connectivity index (χ0n) is 14.6. The summed E-state index contributed by atoms with van der Waals surface area (Å²) in [4.78, 5) is 23.9. The van der Waals surface area contributed by atoms with Crippen molar-refractivity contribution in [2.45, 2.75) is 24.8 Å². The highest BCUT2D eigenvalue weighted by Crippen LogP contribution is 2.30. The topological polar surface area (TPSA) is 83.6 Å². The van der Waals surface area contributed by atoms with Gasteiger partial charge >= 0.3 is 0 Å². The summed E-state index contributed by atoms with van der Waals surface area (Å²) in [7, 11) is -3.88. The molecule has 1 amide bonds. The van der Waals surface area contributed by atoms with Gasteiger partial charge < -0.3 is 5.32 Å². The third-order valence-corrected chi connectivity index (χ3v) is 6.31. The molecule has 0 bridgehead atoms. The zero-order chi connectivity index (χ0) is 18.9. The minimum Gasteiger partial charge on any atom is -0.353 e. The van der Waals surface area contributed by atoms with Crippen LogP contribution in [-0.2, 0) is 14.8 Å². The van der Waals surface area contributed by atoms with E-state index in [1.165, 1.54) is 35.5 Å². The average molecular weight is 372 g/mol. The Morgan fingerprint density at radius 1 is 1.08 bits per heavy atom. The Morgan fingerprint density at radius 3 is 2.27 bits per heavy atom. The number of nitrogens with one attached hydrogen (secondary N) is 1. The quantitative estimate of drug-likeness (QED) is 0.833. The summed E-state index contributed by atoms with van der Waals surface area (Å²) in [5, 5.41) is 2.73. The van der Waals surface area contributed by atoms with E-state index in [1.54, 1.807) is 12.1 Å². The molecule has 7 heteroatoms. The average Bonchev–Trinajstić information content (AvgIpc) is 2.62. The van der Waals surface area contributed by atoms with Crippen molar-refractivity contribution in [1.82, 2.24) is 9.62 Å². The van der Waals surface area contributed by atoms with Crippen molar-refractivity contribution in [1.29, 1.82) is 0 Å². The summed E-state index contributed by atoms with van der Waals surface area (Å²) >= 11 is 0. The van der Waals surface area contributed by atoms with Crippen LogP contribution in [0.1, 0.15) is 34.5 Å². The van der Waals surface area contributed by atoms with Gasteiger partial charge in [-0.3, -0.25) is 9.59 Å². The molecule has 1 aliphatic heterocycles. The molecular weight excluding hydrogens is 352 g/mol. The van der Waals surface area contributed by atoms with Gasteiger partial charge in [0.15, 0.2) is 5.78 Å². The summed E-state index contributed by atoms with van der Waals surface area (Å²) in [6, 6.07) is 12.1. The Hall–Kier alpha value is -2.51. The molecule has 1 unspecified atom stereocenters. The maximum Gasteiger partial charge on any atom is 0.244 e. The number of hydrogen-bond acceptors (Lipinski definition) is 4. The fourth-order valence-corrected chi connectivity index (χ4v) is 4.55. The Labute approximate surface area is 152 Å². The predicted octanol–water partition coefficient (Wildman–Crippen LogP) is 2.06. The summed E-state index contributed by atoms with van der Waals surface area (Å²) in [5.74, 6) is -0.479. The van der Waals surface area contributed by atoms with Gasteiger partial charge in [0.1, 0.15) is 6.04 Å². The second-order valence-corrected chi connectivity index (χ2v) is 8.19. The molecule has 0 aliphatic carbocycles. The van der Waals surface area contributed by atoms with E-state index in [9.17, 15) is 18.0 Å². The number of hydrogen-bond donors (Lipinski definition) is 1. The van der Waals surface area contributed by atoms with Crippen LogP contribution >= 0.6 is 0 Å². The van der Waals surface area contributed by atoms with E-state index in [4.69, 9.17) is 0 Å². The van der Waals surface area contributed by atoms with Crippen LogP contribution in [-0.4, -0.2) is 37.5 Å². The van der Waals surface area contributed by atoms with E-state index in [0.717, 1.165) is 5.56 Å². The highest BCUT2D eigenvalue weighted by Gasteiger charge is 2.39. The number of nitrogens with zero attached hydrogens (tertiary/aromatic N) is 1. The number of amides is 1. The maximum atomic E-state index is 13.1. The Morgan fingerprint density at radius 2 is 1.69 bits per heavy atom. The lowest BCUT2D eigenvalue weighted by Gasteiger charge is -2.34. The van der Waals surface area contributed by atoms with Crippen molar-refractivity contribution < 1.29 is 18.0 Å². The minimum atomic E-state index is -3.88. The molecule has 1 fully saturated rings. The van der Waals surface area contributed by atoms with Gasteiger partial charge in [-0.2, -0.15) is 4.31 Å². The molecule has 1 N–H and O–H groups in total. The van der Waals surface area contributed by atoms with Crippen LogP contribution in [0, 0.1) is 6.92 Å². The minimum absolute atomic E-state index is 0.0642. The van der Waals surface area contributed by atoms with Crippen LogP contribution in [0.2, 0.25) is 0 Å². The molecule has 136 valence electrons. The lowest BCUT2D eigenvalue weighted by molar-refractivity contribution is -0.126. The summed E-state index contributed by atoms with van der Waals surface area (Å²) in [5.41, 5.74) is 2.09. The first kappa shape index (κ1) is 18.3. The first-order chi connectivity index (χ1) is 12.3.